The number of rotatable bonds is 5. The molecule has 0 spiro atoms. The fourth-order valence-corrected chi connectivity index (χ4v) is 2.67. The van der Waals surface area contributed by atoms with Gasteiger partial charge < -0.3 is 5.32 Å². The molecule has 0 saturated heterocycles. The Bertz CT molecular complexity index is 495. The smallest absolute Gasteiger partial charge is 0.179 e. The van der Waals surface area contributed by atoms with Crippen LogP contribution in [0.4, 0.5) is 5.69 Å². The third kappa shape index (κ3) is 2.97. The fourth-order valence-electron chi connectivity index (χ4n) is 1.81. The summed E-state index contributed by atoms with van der Waals surface area (Å²) in [5.41, 5.74) is 0.791. The normalized spacial score (nSPS) is 17.8. The largest absolute Gasteiger partial charge is 0.381 e. The average Bonchev–Trinajstić information content (AvgIpc) is 3.13. The van der Waals surface area contributed by atoms with E-state index in [-0.39, 0.29) is 5.75 Å². The van der Waals surface area contributed by atoms with Gasteiger partial charge in [0.05, 0.1) is 22.5 Å². The second-order valence-corrected chi connectivity index (χ2v) is 6.86. The highest BCUT2D eigenvalue weighted by atomic mass is 32.2. The van der Waals surface area contributed by atoms with Crippen molar-refractivity contribution < 1.29 is 8.42 Å². The van der Waals surface area contributed by atoms with Crippen LogP contribution < -0.4 is 5.32 Å². The number of hydrogen-bond donors (Lipinski definition) is 1. The summed E-state index contributed by atoms with van der Waals surface area (Å²) in [7, 11) is -3.16. The molecule has 0 radical (unpaired) electrons. The van der Waals surface area contributed by atoms with E-state index in [1.807, 2.05) is 0 Å². The Kier molecular flexibility index (Phi) is 3.38. The summed E-state index contributed by atoms with van der Waals surface area (Å²) in [6, 6.07) is 2.06. The summed E-state index contributed by atoms with van der Waals surface area (Å²) in [5.74, 6) is 0.831. The second-order valence-electron chi connectivity index (χ2n) is 4.58. The molecule has 0 amide bonds. The molecule has 4 nitrogen and oxygen atoms in total. The highest BCUT2D eigenvalue weighted by Gasteiger charge is 2.27. The average molecular weight is 254 g/mol. The van der Waals surface area contributed by atoms with Crippen LogP contribution >= 0.6 is 0 Å². The van der Waals surface area contributed by atoms with Gasteiger partial charge in [0, 0.05) is 12.2 Å². The molecule has 1 fully saturated rings. The highest BCUT2D eigenvalue weighted by Crippen LogP contribution is 2.34. The van der Waals surface area contributed by atoms with Crippen molar-refractivity contribution in [2.75, 3.05) is 11.1 Å². The van der Waals surface area contributed by atoms with E-state index in [0.29, 0.717) is 10.9 Å². The van der Waals surface area contributed by atoms with E-state index in [9.17, 15) is 8.42 Å². The first kappa shape index (κ1) is 12.4. The minimum atomic E-state index is -3.16. The molecule has 5 heteroatoms. The summed E-state index contributed by atoms with van der Waals surface area (Å²) in [6.07, 6.45) is 5.60. The lowest BCUT2D eigenvalue weighted by Crippen LogP contribution is -2.17. The van der Waals surface area contributed by atoms with Gasteiger partial charge in [-0.3, -0.25) is 4.98 Å². The maximum atomic E-state index is 11.7. The second kappa shape index (κ2) is 4.64. The van der Waals surface area contributed by atoms with Crippen LogP contribution in [-0.4, -0.2) is 25.2 Å². The van der Waals surface area contributed by atoms with Crippen LogP contribution in [0.25, 0.3) is 0 Å². The number of nitrogens with zero attached hydrogens (tertiary/aromatic N) is 1. The van der Waals surface area contributed by atoms with Gasteiger partial charge in [0.1, 0.15) is 0 Å². The minimum absolute atomic E-state index is 0.107. The molecule has 17 heavy (non-hydrogen) atoms. The molecule has 2 rings (SSSR count). The molecule has 1 aromatic rings. The SMILES string of the molecule is CCS(=O)(=O)c1cncc(NC(C)C2CC2)c1. The molecule has 1 aromatic heterocycles. The van der Waals surface area contributed by atoms with Crippen molar-refractivity contribution in [2.45, 2.75) is 37.6 Å². The Morgan fingerprint density at radius 1 is 1.47 bits per heavy atom. The quantitative estimate of drug-likeness (QED) is 0.874. The van der Waals surface area contributed by atoms with Crippen LogP contribution in [0.15, 0.2) is 23.4 Å². The molecule has 94 valence electrons. The molecule has 0 aliphatic heterocycles. The monoisotopic (exact) mass is 254 g/mol. The van der Waals surface area contributed by atoms with Gasteiger partial charge in [-0.15, -0.1) is 0 Å². The molecule has 1 unspecified atom stereocenters. The zero-order valence-corrected chi connectivity index (χ0v) is 11.0. The summed E-state index contributed by atoms with van der Waals surface area (Å²) >= 11 is 0. The van der Waals surface area contributed by atoms with Gasteiger partial charge in [0.15, 0.2) is 9.84 Å². The molecular formula is C12H18N2O2S. The first-order chi connectivity index (χ1) is 8.03. The van der Waals surface area contributed by atoms with Gasteiger partial charge in [-0.2, -0.15) is 0 Å². The van der Waals surface area contributed by atoms with E-state index >= 15 is 0 Å². The number of hydrogen-bond acceptors (Lipinski definition) is 4. The van der Waals surface area contributed by atoms with Gasteiger partial charge in [-0.25, -0.2) is 8.42 Å². The predicted octanol–water partition coefficient (Wildman–Crippen LogP) is 2.09. The van der Waals surface area contributed by atoms with E-state index in [2.05, 4.69) is 17.2 Å². The van der Waals surface area contributed by atoms with Crippen molar-refractivity contribution in [1.29, 1.82) is 0 Å². The zero-order chi connectivity index (χ0) is 12.5. The fraction of sp³-hybridized carbons (Fsp3) is 0.583. The Morgan fingerprint density at radius 3 is 2.76 bits per heavy atom. The Hall–Kier alpha value is -1.10. The lowest BCUT2D eigenvalue weighted by atomic mass is 10.2. The van der Waals surface area contributed by atoms with Gasteiger partial charge in [-0.05, 0) is 31.7 Å². The topological polar surface area (TPSA) is 59.1 Å². The maximum absolute atomic E-state index is 11.7. The van der Waals surface area contributed by atoms with Crippen LogP contribution in [0, 0.1) is 5.92 Å². The van der Waals surface area contributed by atoms with E-state index in [0.717, 1.165) is 11.6 Å². The number of aromatic nitrogens is 1. The van der Waals surface area contributed by atoms with Crippen molar-refractivity contribution in [2.24, 2.45) is 5.92 Å². The molecule has 1 atom stereocenters. The molecule has 1 heterocycles. The van der Waals surface area contributed by atoms with Gasteiger partial charge >= 0.3 is 0 Å². The zero-order valence-electron chi connectivity index (χ0n) is 10.2. The number of pyridine rings is 1. The third-order valence-corrected chi connectivity index (χ3v) is 4.88. The first-order valence-corrected chi connectivity index (χ1v) is 7.62. The van der Waals surface area contributed by atoms with Gasteiger partial charge in [0.2, 0.25) is 0 Å². The molecule has 0 aromatic carbocycles. The van der Waals surface area contributed by atoms with Crippen LogP contribution in [0.1, 0.15) is 26.7 Å². The number of anilines is 1. The van der Waals surface area contributed by atoms with E-state index in [4.69, 9.17) is 0 Å². The molecule has 1 aliphatic rings. The minimum Gasteiger partial charge on any atom is -0.381 e. The predicted molar refractivity (Wildman–Crippen MR) is 67.8 cm³/mol. The molecule has 1 N–H and O–H groups in total. The standard InChI is InChI=1S/C12H18N2O2S/c1-3-17(15,16)12-6-11(7-13-8-12)14-9(2)10-4-5-10/h6-10,14H,3-5H2,1-2H3. The van der Waals surface area contributed by atoms with Crippen molar-refractivity contribution in [3.8, 4) is 0 Å². The van der Waals surface area contributed by atoms with Crippen LogP contribution in [-0.2, 0) is 9.84 Å². The highest BCUT2D eigenvalue weighted by molar-refractivity contribution is 7.91. The van der Waals surface area contributed by atoms with Crippen molar-refractivity contribution >= 4 is 15.5 Å². The number of sulfone groups is 1. The first-order valence-electron chi connectivity index (χ1n) is 5.97. The third-order valence-electron chi connectivity index (χ3n) is 3.18. The van der Waals surface area contributed by atoms with Gasteiger partial charge in [-0.1, -0.05) is 6.92 Å². The van der Waals surface area contributed by atoms with Crippen molar-refractivity contribution in [3.63, 3.8) is 0 Å². The number of nitrogens with one attached hydrogen (secondary N) is 1. The summed E-state index contributed by atoms with van der Waals surface area (Å²) in [4.78, 5) is 4.29. The van der Waals surface area contributed by atoms with Crippen molar-refractivity contribution in [3.05, 3.63) is 18.5 Å². The lowest BCUT2D eigenvalue weighted by molar-refractivity contribution is 0.597. The van der Waals surface area contributed by atoms with E-state index in [1.54, 1.807) is 19.2 Å². The van der Waals surface area contributed by atoms with E-state index in [1.165, 1.54) is 19.0 Å². The van der Waals surface area contributed by atoms with Crippen LogP contribution in [0.3, 0.4) is 0 Å². The van der Waals surface area contributed by atoms with Gasteiger partial charge in [0.25, 0.3) is 0 Å². The lowest BCUT2D eigenvalue weighted by Gasteiger charge is -2.14. The van der Waals surface area contributed by atoms with Crippen molar-refractivity contribution in [1.82, 2.24) is 4.98 Å². The Labute approximate surface area is 102 Å². The maximum Gasteiger partial charge on any atom is 0.179 e. The Balaban J connectivity index is 2.16. The summed E-state index contributed by atoms with van der Waals surface area (Å²) in [5, 5.41) is 3.31. The molecule has 0 bridgehead atoms. The van der Waals surface area contributed by atoms with Crippen LogP contribution in [0.5, 0.6) is 0 Å². The van der Waals surface area contributed by atoms with Crippen LogP contribution in [0.2, 0.25) is 0 Å². The Morgan fingerprint density at radius 2 is 2.18 bits per heavy atom. The summed E-state index contributed by atoms with van der Waals surface area (Å²) in [6.45, 7) is 3.76. The molecule has 1 aliphatic carbocycles. The molecular weight excluding hydrogens is 236 g/mol. The summed E-state index contributed by atoms with van der Waals surface area (Å²) < 4.78 is 23.4. The van der Waals surface area contributed by atoms with E-state index < -0.39 is 9.84 Å². The molecule has 1 saturated carbocycles.